The number of nitrogens with one attached hydrogen (secondary N) is 2. The molecule has 2 N–H and O–H groups in total. The Morgan fingerprint density at radius 2 is 1.43 bits per heavy atom. The molecule has 5 aliphatic heterocycles. The number of piperazine rings is 1. The van der Waals surface area contributed by atoms with Gasteiger partial charge in [-0.1, -0.05) is 0 Å². The Balaban J connectivity index is 0.745. The third-order valence-electron chi connectivity index (χ3n) is 12.5. The summed E-state index contributed by atoms with van der Waals surface area (Å²) in [5.74, 6) is -1.47. The molecule has 15 nitrogen and oxygen atoms in total. The van der Waals surface area contributed by atoms with E-state index in [4.69, 9.17) is 5.26 Å². The van der Waals surface area contributed by atoms with Gasteiger partial charge in [-0.15, -0.1) is 0 Å². The summed E-state index contributed by atoms with van der Waals surface area (Å²) < 4.78 is 40.3. The number of pyridine rings is 2. The number of piperidine rings is 3. The zero-order valence-electron chi connectivity index (χ0n) is 32.9. The zero-order chi connectivity index (χ0) is 42.1. The first-order valence-corrected chi connectivity index (χ1v) is 20.4. The average molecular weight is 827 g/mol. The Bertz CT molecular complexity index is 2210. The van der Waals surface area contributed by atoms with Crippen LogP contribution in [0.25, 0.3) is 0 Å². The minimum Gasteiger partial charge on any atom is -0.370 e. The van der Waals surface area contributed by atoms with E-state index < -0.39 is 47.1 Å². The van der Waals surface area contributed by atoms with Crippen molar-refractivity contribution in [2.24, 2.45) is 11.8 Å². The lowest BCUT2D eigenvalue weighted by Gasteiger charge is -2.38. The van der Waals surface area contributed by atoms with Gasteiger partial charge in [0.2, 0.25) is 17.7 Å². The van der Waals surface area contributed by atoms with Gasteiger partial charge >= 0.3 is 6.18 Å². The van der Waals surface area contributed by atoms with E-state index in [2.05, 4.69) is 35.3 Å². The van der Waals surface area contributed by atoms with E-state index in [1.54, 1.807) is 29.3 Å². The van der Waals surface area contributed by atoms with E-state index in [0.29, 0.717) is 37.7 Å². The van der Waals surface area contributed by atoms with Gasteiger partial charge in [-0.3, -0.25) is 39.1 Å². The minimum absolute atomic E-state index is 0.0787. The second-order valence-corrected chi connectivity index (χ2v) is 16.1. The van der Waals surface area contributed by atoms with Crippen molar-refractivity contribution in [2.75, 3.05) is 78.9 Å². The van der Waals surface area contributed by atoms with Crippen molar-refractivity contribution >= 4 is 52.4 Å². The molecule has 1 aromatic carbocycles. The molecule has 7 heterocycles. The number of halogens is 3. The maximum atomic E-state index is 13.4. The van der Waals surface area contributed by atoms with Crippen molar-refractivity contribution in [1.29, 1.82) is 5.26 Å². The largest absolute Gasteiger partial charge is 0.419 e. The Morgan fingerprint density at radius 3 is 2.10 bits per heavy atom. The van der Waals surface area contributed by atoms with Gasteiger partial charge < -0.3 is 20.0 Å². The molecule has 0 radical (unpaired) electrons. The highest BCUT2D eigenvalue weighted by molar-refractivity contribution is 6.23. The van der Waals surface area contributed by atoms with Crippen LogP contribution in [0.3, 0.4) is 0 Å². The highest BCUT2D eigenvalue weighted by Gasteiger charge is 2.45. The number of rotatable bonds is 9. The third kappa shape index (κ3) is 8.49. The predicted octanol–water partition coefficient (Wildman–Crippen LogP) is 4.05. The first-order valence-electron chi connectivity index (χ1n) is 20.4. The van der Waals surface area contributed by atoms with E-state index in [9.17, 15) is 37.1 Å². The predicted molar refractivity (Wildman–Crippen MR) is 213 cm³/mol. The number of nitriles is 1. The molecule has 0 spiro atoms. The van der Waals surface area contributed by atoms with E-state index in [1.807, 2.05) is 12.1 Å². The minimum atomic E-state index is -4.69. The van der Waals surface area contributed by atoms with Crippen molar-refractivity contribution < 1.29 is 37.1 Å². The summed E-state index contributed by atoms with van der Waals surface area (Å²) in [4.78, 5) is 81.4. The molecule has 0 aliphatic carbocycles. The summed E-state index contributed by atoms with van der Waals surface area (Å²) in [7, 11) is 0. The summed E-state index contributed by atoms with van der Waals surface area (Å²) in [5.41, 5.74) is 0.971. The lowest BCUT2D eigenvalue weighted by atomic mass is 9.93. The fraction of sp³-hybridized carbons (Fsp3) is 0.476. The Morgan fingerprint density at radius 1 is 0.783 bits per heavy atom. The summed E-state index contributed by atoms with van der Waals surface area (Å²) in [6, 6.07) is 10.5. The van der Waals surface area contributed by atoms with Crippen LogP contribution in [0, 0.1) is 23.2 Å². The van der Waals surface area contributed by atoms with Crippen LogP contribution in [-0.2, 0) is 20.6 Å². The molecule has 4 saturated heterocycles. The highest BCUT2D eigenvalue weighted by atomic mass is 19.4. The summed E-state index contributed by atoms with van der Waals surface area (Å²) in [6.45, 7) is 6.89. The third-order valence-corrected chi connectivity index (χ3v) is 12.5. The van der Waals surface area contributed by atoms with Gasteiger partial charge in [0.05, 0.1) is 40.5 Å². The molecule has 4 fully saturated rings. The van der Waals surface area contributed by atoms with Crippen LogP contribution in [0.4, 0.5) is 36.1 Å². The van der Waals surface area contributed by atoms with E-state index in [0.717, 1.165) is 87.4 Å². The maximum Gasteiger partial charge on any atom is 0.419 e. The molecule has 0 bridgehead atoms. The Hall–Kier alpha value is -6.09. The Kier molecular flexibility index (Phi) is 11.4. The van der Waals surface area contributed by atoms with Crippen molar-refractivity contribution in [1.82, 2.24) is 25.1 Å². The van der Waals surface area contributed by atoms with Crippen LogP contribution in [0.1, 0.15) is 76.9 Å². The van der Waals surface area contributed by atoms with E-state index >= 15 is 0 Å². The molecule has 60 heavy (non-hydrogen) atoms. The number of carbonyl (C=O) groups excluding carboxylic acids is 5. The molecule has 5 aliphatic rings. The second kappa shape index (κ2) is 16.9. The number of nitrogens with zero attached hydrogens (tertiary/aromatic N) is 8. The first kappa shape index (κ1) is 40.7. The molecule has 2 aromatic heterocycles. The van der Waals surface area contributed by atoms with Crippen molar-refractivity contribution in [3.63, 3.8) is 0 Å². The number of hydrogen-bond acceptors (Lipinski definition) is 12. The van der Waals surface area contributed by atoms with Gasteiger partial charge in [0, 0.05) is 70.4 Å². The molecule has 18 heteroatoms. The van der Waals surface area contributed by atoms with Gasteiger partial charge in [0.1, 0.15) is 17.9 Å². The van der Waals surface area contributed by atoms with Gasteiger partial charge in [-0.25, -0.2) is 9.97 Å². The SMILES string of the molecule is N#Cc1ncc(N2CCC(C(=O)Nc3ccc(N4CCC(CCN5CCN(c6ccc7c(c6)C(=O)N(C6CCC(=O)NC6=O)C7=O)CC5)CC4)cn3)CC2)cc1C(F)(F)F. The van der Waals surface area contributed by atoms with Crippen LogP contribution in [-0.4, -0.2) is 114 Å². The molecule has 1 unspecified atom stereocenters. The molecule has 314 valence electrons. The molecule has 8 rings (SSSR count). The number of fused-ring (bicyclic) bond motifs is 1. The van der Waals surface area contributed by atoms with Crippen molar-refractivity contribution in [3.8, 4) is 6.07 Å². The van der Waals surface area contributed by atoms with Gasteiger partial charge in [0.25, 0.3) is 11.8 Å². The summed E-state index contributed by atoms with van der Waals surface area (Å²) in [5, 5.41) is 14.2. The first-order chi connectivity index (χ1) is 28.9. The lowest BCUT2D eigenvalue weighted by Crippen LogP contribution is -2.54. The van der Waals surface area contributed by atoms with Crippen LogP contribution >= 0.6 is 0 Å². The molecule has 0 saturated carbocycles. The number of hydrogen-bond donors (Lipinski definition) is 2. The van der Waals surface area contributed by atoms with E-state index in [-0.39, 0.29) is 41.5 Å². The molecule has 3 aromatic rings. The molecular weight excluding hydrogens is 782 g/mol. The number of benzene rings is 1. The quantitative estimate of drug-likeness (QED) is 0.297. The smallest absolute Gasteiger partial charge is 0.370 e. The topological polar surface area (TPSA) is 175 Å². The number of amides is 5. The number of aromatic nitrogens is 2. The number of alkyl halides is 3. The van der Waals surface area contributed by atoms with Gasteiger partial charge in [-0.05, 0) is 87.4 Å². The zero-order valence-corrected chi connectivity index (χ0v) is 32.9. The second-order valence-electron chi connectivity index (χ2n) is 16.1. The lowest BCUT2D eigenvalue weighted by molar-refractivity contribution is -0.138. The fourth-order valence-corrected chi connectivity index (χ4v) is 8.94. The standard InChI is InChI=1S/C42H45F3N10O5/c43-42(44,45)33-22-30(25-47-34(33)23-46)53-15-10-27(11-16-53)38(57)49-36-5-2-29(24-48-36)52-13-8-26(9-14-52)7-12-51-17-19-54(20-18-51)28-1-3-31-32(21-28)41(60)55(40(31)59)35-4-6-37(56)50-39(35)58/h1-3,5,21-22,24-27,35H,4,6-20H2,(H,48,49,57)(H,50,56,58). The molecule has 1 atom stereocenters. The fourth-order valence-electron chi connectivity index (χ4n) is 8.94. The number of imide groups is 2. The Labute approximate surface area is 344 Å². The normalized spacial score (nSPS) is 20.9. The molecular formula is C42H45F3N10O5. The van der Waals surface area contributed by atoms with Crippen LogP contribution in [0.2, 0.25) is 0 Å². The highest BCUT2D eigenvalue weighted by Crippen LogP contribution is 2.35. The van der Waals surface area contributed by atoms with Crippen LogP contribution in [0.5, 0.6) is 0 Å². The van der Waals surface area contributed by atoms with E-state index in [1.165, 1.54) is 12.3 Å². The van der Waals surface area contributed by atoms with Gasteiger partial charge in [0.15, 0.2) is 5.69 Å². The van der Waals surface area contributed by atoms with Gasteiger partial charge in [-0.2, -0.15) is 18.4 Å². The van der Waals surface area contributed by atoms with Crippen molar-refractivity contribution in [3.05, 3.63) is 71.2 Å². The number of anilines is 4. The molecule has 5 amide bonds. The van der Waals surface area contributed by atoms with Crippen molar-refractivity contribution in [2.45, 2.75) is 57.2 Å². The number of carbonyl (C=O) groups is 5. The van der Waals surface area contributed by atoms with Crippen LogP contribution in [0.15, 0.2) is 48.8 Å². The summed E-state index contributed by atoms with van der Waals surface area (Å²) in [6.07, 6.45) is 2.68. The monoisotopic (exact) mass is 826 g/mol. The maximum absolute atomic E-state index is 13.4. The van der Waals surface area contributed by atoms with Crippen LogP contribution < -0.4 is 25.3 Å². The average Bonchev–Trinajstić information content (AvgIpc) is 3.50. The summed E-state index contributed by atoms with van der Waals surface area (Å²) >= 11 is 0.